The first kappa shape index (κ1) is 15.9. The Bertz CT molecular complexity index is 694. The Kier molecular flexibility index (Phi) is 4.59. The molecule has 0 aliphatic carbocycles. The monoisotopic (exact) mass is 316 g/mol. The van der Waals surface area contributed by atoms with Crippen molar-refractivity contribution in [2.75, 3.05) is 26.2 Å². The lowest BCUT2D eigenvalue weighted by molar-refractivity contribution is -0.0275. The molecule has 1 saturated heterocycles. The molecule has 0 radical (unpaired) electrons. The normalized spacial score (nSPS) is 19.0. The van der Waals surface area contributed by atoms with Crippen molar-refractivity contribution in [3.8, 4) is 0 Å². The lowest BCUT2D eigenvalue weighted by Gasteiger charge is -2.32. The molecule has 2 heterocycles. The van der Waals surface area contributed by atoms with Crippen molar-refractivity contribution in [3.63, 3.8) is 0 Å². The Hall–Kier alpha value is -1.98. The molecule has 1 aliphatic heterocycles. The summed E-state index contributed by atoms with van der Waals surface area (Å²) in [6.45, 7) is 6.18. The Morgan fingerprint density at radius 1 is 1.35 bits per heavy atom. The van der Waals surface area contributed by atoms with E-state index < -0.39 is 0 Å². The van der Waals surface area contributed by atoms with Crippen LogP contribution in [0.1, 0.15) is 33.4 Å². The van der Waals surface area contributed by atoms with E-state index in [1.807, 2.05) is 19.9 Å². The zero-order valence-electron chi connectivity index (χ0n) is 13.4. The molecule has 1 N–H and O–H groups in total. The van der Waals surface area contributed by atoms with Crippen molar-refractivity contribution in [1.29, 1.82) is 0 Å². The van der Waals surface area contributed by atoms with Gasteiger partial charge in [0, 0.05) is 30.0 Å². The SMILES string of the molecule is Cc1cc(C(=O)CN2CCO[C@H](c3ccc(F)cc3)C2)c(C)[nH]1. The smallest absolute Gasteiger partial charge is 0.178 e. The number of nitrogens with one attached hydrogen (secondary N) is 1. The summed E-state index contributed by atoms with van der Waals surface area (Å²) >= 11 is 0. The third-order valence-corrected chi connectivity index (χ3v) is 4.21. The molecule has 5 heteroatoms. The first-order valence-corrected chi connectivity index (χ1v) is 7.82. The third-order valence-electron chi connectivity index (χ3n) is 4.21. The molecule has 122 valence electrons. The summed E-state index contributed by atoms with van der Waals surface area (Å²) in [6.07, 6.45) is -0.119. The van der Waals surface area contributed by atoms with Crippen LogP contribution in [0.4, 0.5) is 4.39 Å². The van der Waals surface area contributed by atoms with E-state index in [-0.39, 0.29) is 17.7 Å². The molecule has 1 aromatic heterocycles. The first-order valence-electron chi connectivity index (χ1n) is 7.82. The van der Waals surface area contributed by atoms with Gasteiger partial charge in [0.2, 0.25) is 0 Å². The number of H-pyrrole nitrogens is 1. The van der Waals surface area contributed by atoms with Gasteiger partial charge in [0.05, 0.1) is 19.3 Å². The number of carbonyl (C=O) groups excluding carboxylic acids is 1. The number of Topliss-reactive ketones (excluding diaryl/α,β-unsaturated/α-hetero) is 1. The maximum Gasteiger partial charge on any atom is 0.178 e. The number of ketones is 1. The molecular weight excluding hydrogens is 295 g/mol. The van der Waals surface area contributed by atoms with Crippen molar-refractivity contribution in [1.82, 2.24) is 9.88 Å². The number of morpholine rings is 1. The van der Waals surface area contributed by atoms with Crippen molar-refractivity contribution in [2.24, 2.45) is 0 Å². The number of hydrogen-bond donors (Lipinski definition) is 1. The van der Waals surface area contributed by atoms with Crippen molar-refractivity contribution < 1.29 is 13.9 Å². The lowest BCUT2D eigenvalue weighted by Crippen LogP contribution is -2.41. The van der Waals surface area contributed by atoms with Crippen LogP contribution in [-0.2, 0) is 4.74 Å². The van der Waals surface area contributed by atoms with Crippen LogP contribution in [0.2, 0.25) is 0 Å². The summed E-state index contributed by atoms with van der Waals surface area (Å²) in [7, 11) is 0. The molecule has 0 unspecified atom stereocenters. The molecule has 0 bridgehead atoms. The van der Waals surface area contributed by atoms with Gasteiger partial charge in [-0.15, -0.1) is 0 Å². The molecule has 1 atom stereocenters. The van der Waals surface area contributed by atoms with Crippen molar-refractivity contribution in [3.05, 3.63) is 58.7 Å². The van der Waals surface area contributed by atoms with E-state index in [1.165, 1.54) is 12.1 Å². The number of halogens is 1. The fourth-order valence-corrected chi connectivity index (χ4v) is 3.03. The summed E-state index contributed by atoms with van der Waals surface area (Å²) < 4.78 is 18.8. The predicted molar refractivity (Wildman–Crippen MR) is 86.1 cm³/mol. The van der Waals surface area contributed by atoms with Crippen molar-refractivity contribution >= 4 is 5.78 Å². The van der Waals surface area contributed by atoms with E-state index in [4.69, 9.17) is 4.74 Å². The van der Waals surface area contributed by atoms with Crippen LogP contribution >= 0.6 is 0 Å². The number of rotatable bonds is 4. The summed E-state index contributed by atoms with van der Waals surface area (Å²) in [5, 5.41) is 0. The van der Waals surface area contributed by atoms with Gasteiger partial charge in [-0.1, -0.05) is 12.1 Å². The van der Waals surface area contributed by atoms with Gasteiger partial charge in [0.1, 0.15) is 5.82 Å². The van der Waals surface area contributed by atoms with E-state index in [9.17, 15) is 9.18 Å². The van der Waals surface area contributed by atoms with Gasteiger partial charge in [-0.05, 0) is 37.6 Å². The second kappa shape index (κ2) is 6.64. The number of carbonyl (C=O) groups is 1. The van der Waals surface area contributed by atoms with Crippen LogP contribution in [-0.4, -0.2) is 41.9 Å². The number of ether oxygens (including phenoxy) is 1. The highest BCUT2D eigenvalue weighted by atomic mass is 19.1. The zero-order valence-corrected chi connectivity index (χ0v) is 13.4. The molecule has 0 amide bonds. The number of hydrogen-bond acceptors (Lipinski definition) is 3. The average molecular weight is 316 g/mol. The fourth-order valence-electron chi connectivity index (χ4n) is 3.03. The van der Waals surface area contributed by atoms with Crippen molar-refractivity contribution in [2.45, 2.75) is 20.0 Å². The highest BCUT2D eigenvalue weighted by molar-refractivity contribution is 5.98. The van der Waals surface area contributed by atoms with Crippen LogP contribution in [0, 0.1) is 19.7 Å². The Morgan fingerprint density at radius 3 is 2.74 bits per heavy atom. The minimum atomic E-state index is -0.255. The highest BCUT2D eigenvalue weighted by Crippen LogP contribution is 2.23. The molecule has 0 spiro atoms. The molecule has 3 rings (SSSR count). The van der Waals surface area contributed by atoms with Crippen LogP contribution in [0.15, 0.2) is 30.3 Å². The standard InChI is InChI=1S/C18H21FN2O2/c1-12-9-16(13(2)20-12)17(22)10-21-7-8-23-18(11-21)14-3-5-15(19)6-4-14/h3-6,9,18,20H,7-8,10-11H2,1-2H3/t18-/m0/s1. The number of benzene rings is 1. The number of aryl methyl sites for hydroxylation is 2. The van der Waals surface area contributed by atoms with E-state index in [0.717, 1.165) is 29.1 Å². The number of aromatic nitrogens is 1. The largest absolute Gasteiger partial charge is 0.371 e. The minimum absolute atomic E-state index is 0.117. The van der Waals surface area contributed by atoms with Crippen LogP contribution < -0.4 is 0 Å². The molecule has 2 aromatic rings. The lowest BCUT2D eigenvalue weighted by atomic mass is 10.1. The van der Waals surface area contributed by atoms with Gasteiger partial charge >= 0.3 is 0 Å². The van der Waals surface area contributed by atoms with Gasteiger partial charge in [-0.25, -0.2) is 4.39 Å². The van der Waals surface area contributed by atoms with Gasteiger partial charge in [0.15, 0.2) is 5.78 Å². The number of nitrogens with zero attached hydrogens (tertiary/aromatic N) is 1. The molecule has 0 saturated carbocycles. The zero-order chi connectivity index (χ0) is 16.4. The van der Waals surface area contributed by atoms with Gasteiger partial charge < -0.3 is 9.72 Å². The Morgan fingerprint density at radius 2 is 2.09 bits per heavy atom. The van der Waals surface area contributed by atoms with Crippen LogP contribution in [0.3, 0.4) is 0 Å². The van der Waals surface area contributed by atoms with Crippen LogP contribution in [0.5, 0.6) is 0 Å². The second-order valence-electron chi connectivity index (χ2n) is 6.06. The van der Waals surface area contributed by atoms with Crippen LogP contribution in [0.25, 0.3) is 0 Å². The van der Waals surface area contributed by atoms with E-state index in [2.05, 4.69) is 9.88 Å². The molecular formula is C18H21FN2O2. The Labute approximate surface area is 135 Å². The number of aromatic amines is 1. The third kappa shape index (κ3) is 3.68. The van der Waals surface area contributed by atoms with E-state index in [1.54, 1.807) is 12.1 Å². The summed E-state index contributed by atoms with van der Waals surface area (Å²) in [4.78, 5) is 17.7. The van der Waals surface area contributed by atoms with E-state index >= 15 is 0 Å². The van der Waals surface area contributed by atoms with E-state index in [0.29, 0.717) is 19.7 Å². The minimum Gasteiger partial charge on any atom is -0.371 e. The molecule has 4 nitrogen and oxygen atoms in total. The predicted octanol–water partition coefficient (Wildman–Crippen LogP) is 3.03. The summed E-state index contributed by atoms with van der Waals surface area (Å²) in [5.41, 5.74) is 3.61. The molecule has 1 aromatic carbocycles. The molecule has 23 heavy (non-hydrogen) atoms. The Balaban J connectivity index is 1.65. The average Bonchev–Trinajstić information content (AvgIpc) is 2.87. The maximum atomic E-state index is 13.0. The van der Waals surface area contributed by atoms with Gasteiger partial charge in [-0.2, -0.15) is 0 Å². The topological polar surface area (TPSA) is 45.3 Å². The quantitative estimate of drug-likeness (QED) is 0.882. The second-order valence-corrected chi connectivity index (χ2v) is 6.06. The molecule has 1 aliphatic rings. The first-order chi connectivity index (χ1) is 11.0. The summed E-state index contributed by atoms with van der Waals surface area (Å²) in [6, 6.07) is 8.26. The maximum absolute atomic E-state index is 13.0. The molecule has 1 fully saturated rings. The van der Waals surface area contributed by atoms with Gasteiger partial charge in [-0.3, -0.25) is 9.69 Å². The highest BCUT2D eigenvalue weighted by Gasteiger charge is 2.24. The summed E-state index contributed by atoms with van der Waals surface area (Å²) in [5.74, 6) is -0.137. The fraction of sp³-hybridized carbons (Fsp3) is 0.389. The van der Waals surface area contributed by atoms with Gasteiger partial charge in [0.25, 0.3) is 0 Å².